The molecule has 0 radical (unpaired) electrons. The molecule has 6 heteroatoms. The Hall–Kier alpha value is -8.71. The molecule has 0 aliphatic heterocycles. The number of aromatic nitrogens is 5. The summed E-state index contributed by atoms with van der Waals surface area (Å²) in [4.78, 5) is 16.4. The van der Waals surface area contributed by atoms with Gasteiger partial charge >= 0.3 is 0 Å². The quantitative estimate of drug-likeness (QED) is 0.167. The zero-order valence-electron chi connectivity index (χ0n) is 36.0. The molecule has 0 bridgehead atoms. The molecule has 4 heterocycles. The molecule has 4 aromatic heterocycles. The third-order valence-corrected chi connectivity index (χ3v) is 14.5. The maximum atomic E-state index is 5.53. The van der Waals surface area contributed by atoms with E-state index in [9.17, 15) is 0 Å². The van der Waals surface area contributed by atoms with Crippen LogP contribution in [0, 0.1) is 0 Å². The second kappa shape index (κ2) is 14.9. The number of rotatable bonds is 6. The van der Waals surface area contributed by atoms with Crippen LogP contribution in [0.5, 0.6) is 0 Å². The largest absolute Gasteiger partial charge is 0.307 e. The van der Waals surface area contributed by atoms with Crippen molar-refractivity contribution in [3.8, 4) is 56.7 Å². The summed E-state index contributed by atoms with van der Waals surface area (Å²) in [5.74, 6) is 1.85. The van der Waals surface area contributed by atoms with Gasteiger partial charge in [-0.2, -0.15) is 0 Å². The molecule has 14 aromatic rings. The second-order valence-corrected chi connectivity index (χ2v) is 18.2. The summed E-state index contributed by atoms with van der Waals surface area (Å²) < 4.78 is 7.35. The van der Waals surface area contributed by atoms with Crippen molar-refractivity contribution < 1.29 is 0 Å². The smallest absolute Gasteiger partial charge is 0.166 e. The Morgan fingerprint density at radius 1 is 0.299 bits per heavy atom. The molecule has 67 heavy (non-hydrogen) atoms. The highest BCUT2D eigenvalue weighted by atomic mass is 32.1. The summed E-state index contributed by atoms with van der Waals surface area (Å²) >= 11 is 1.81. The predicted octanol–water partition coefficient (Wildman–Crippen LogP) is 16.3. The zero-order valence-corrected chi connectivity index (χ0v) is 36.8. The van der Waals surface area contributed by atoms with Crippen molar-refractivity contribution >= 4 is 85.9 Å². The van der Waals surface area contributed by atoms with E-state index in [0.717, 1.165) is 71.7 Å². The maximum absolute atomic E-state index is 5.53. The average molecular weight is 872 g/mol. The van der Waals surface area contributed by atoms with Crippen LogP contribution < -0.4 is 0 Å². The van der Waals surface area contributed by atoms with Crippen LogP contribution in [0.2, 0.25) is 0 Å². The van der Waals surface area contributed by atoms with Crippen molar-refractivity contribution in [3.63, 3.8) is 0 Å². The summed E-state index contributed by atoms with van der Waals surface area (Å²) in [5, 5.41) is 9.33. The lowest BCUT2D eigenvalue weighted by atomic mass is 9.94. The van der Waals surface area contributed by atoms with Crippen molar-refractivity contribution in [2.45, 2.75) is 0 Å². The molecule has 0 aliphatic rings. The van der Waals surface area contributed by atoms with Crippen molar-refractivity contribution in [2.75, 3.05) is 0 Å². The van der Waals surface area contributed by atoms with E-state index in [0.29, 0.717) is 17.5 Å². The van der Waals surface area contributed by atoms with Crippen LogP contribution in [0.1, 0.15) is 0 Å². The van der Waals surface area contributed by atoms with E-state index in [4.69, 9.17) is 15.0 Å². The fourth-order valence-corrected chi connectivity index (χ4v) is 11.5. The van der Waals surface area contributed by atoms with Gasteiger partial charge in [-0.15, -0.1) is 11.3 Å². The Morgan fingerprint density at radius 3 is 1.60 bits per heavy atom. The second-order valence-electron chi connectivity index (χ2n) is 17.1. The minimum absolute atomic E-state index is 0.608. The van der Waals surface area contributed by atoms with E-state index >= 15 is 0 Å². The molecular formula is C61H37N5S. The number of hydrogen-bond acceptors (Lipinski definition) is 4. The van der Waals surface area contributed by atoms with E-state index in [1.807, 2.05) is 11.3 Å². The zero-order chi connectivity index (χ0) is 44.0. The predicted molar refractivity (Wildman–Crippen MR) is 281 cm³/mol. The first-order valence-corrected chi connectivity index (χ1v) is 23.4. The third kappa shape index (κ3) is 5.83. The lowest BCUT2D eigenvalue weighted by molar-refractivity contribution is 1.07. The standard InChI is InChI=1S/C61H37N5S/c1-3-17-38(18-4-1)41-34-35-49(43-22-8-7-21-42(41)43)60-62-59(39-33-36-56-51(37-39)46-25-11-14-32-55(46)67-56)63-61(64-60)50-28-15-26-47-44-23-10-13-30-53(44)66(57(47)50)54-31-16-27-48-45-24-9-12-29-52(45)65(58(48)54)40-19-5-2-6-20-40/h1-37H. The Bertz CT molecular complexity index is 4280. The molecule has 0 unspecified atom stereocenters. The number of para-hydroxylation sites is 5. The van der Waals surface area contributed by atoms with E-state index in [1.165, 1.54) is 42.1 Å². The van der Waals surface area contributed by atoms with Gasteiger partial charge in [0.15, 0.2) is 17.5 Å². The van der Waals surface area contributed by atoms with E-state index < -0.39 is 0 Å². The minimum atomic E-state index is 0.608. The van der Waals surface area contributed by atoms with Crippen LogP contribution >= 0.6 is 11.3 Å². The number of hydrogen-bond donors (Lipinski definition) is 0. The molecule has 0 saturated carbocycles. The summed E-state index contributed by atoms with van der Waals surface area (Å²) in [6, 6.07) is 80.3. The molecule has 0 amide bonds. The summed E-state index contributed by atoms with van der Waals surface area (Å²) in [7, 11) is 0. The molecule has 10 aromatic carbocycles. The molecule has 312 valence electrons. The van der Waals surface area contributed by atoms with Gasteiger partial charge in [0.05, 0.1) is 27.8 Å². The maximum Gasteiger partial charge on any atom is 0.166 e. The number of fused-ring (bicyclic) bond motifs is 10. The van der Waals surface area contributed by atoms with Crippen LogP contribution in [0.3, 0.4) is 0 Å². The normalized spacial score (nSPS) is 11.9. The van der Waals surface area contributed by atoms with Crippen LogP contribution in [0.25, 0.3) is 131 Å². The van der Waals surface area contributed by atoms with Crippen molar-refractivity contribution in [2.24, 2.45) is 0 Å². The Kier molecular flexibility index (Phi) is 8.38. The van der Waals surface area contributed by atoms with Crippen molar-refractivity contribution in [1.82, 2.24) is 24.1 Å². The fraction of sp³-hybridized carbons (Fsp3) is 0. The number of benzene rings is 10. The molecule has 0 aliphatic carbocycles. The first-order chi connectivity index (χ1) is 33.2. The summed E-state index contributed by atoms with van der Waals surface area (Å²) in [5.41, 5.74) is 11.8. The van der Waals surface area contributed by atoms with Gasteiger partial charge in [-0.3, -0.25) is 0 Å². The molecule has 5 nitrogen and oxygen atoms in total. The SMILES string of the molecule is c1ccc(-c2ccc(-c3nc(-c4ccc5sc6ccccc6c5c4)nc(-c4cccc5c6ccccc6n(-c6cccc7c8ccccc8n(-c8ccccc8)c67)c45)n3)c3ccccc23)cc1. The third-order valence-electron chi connectivity index (χ3n) is 13.4. The highest BCUT2D eigenvalue weighted by Gasteiger charge is 2.24. The van der Waals surface area contributed by atoms with Crippen LogP contribution in [0.15, 0.2) is 224 Å². The lowest BCUT2D eigenvalue weighted by Gasteiger charge is -2.16. The first kappa shape index (κ1) is 37.6. The van der Waals surface area contributed by atoms with Crippen molar-refractivity contribution in [3.05, 3.63) is 224 Å². The highest BCUT2D eigenvalue weighted by molar-refractivity contribution is 7.25. The number of nitrogens with zero attached hydrogens (tertiary/aromatic N) is 5. The molecule has 14 rings (SSSR count). The number of thiophene rings is 1. The van der Waals surface area contributed by atoms with Crippen LogP contribution in [-0.4, -0.2) is 24.1 Å². The minimum Gasteiger partial charge on any atom is -0.307 e. The monoisotopic (exact) mass is 871 g/mol. The van der Waals surface area contributed by atoms with Crippen LogP contribution in [0.4, 0.5) is 0 Å². The molecule has 0 fully saturated rings. The molecule has 0 saturated heterocycles. The Morgan fingerprint density at radius 2 is 0.836 bits per heavy atom. The van der Waals surface area contributed by atoms with Crippen molar-refractivity contribution in [1.29, 1.82) is 0 Å². The molecule has 0 N–H and O–H groups in total. The summed E-state index contributed by atoms with van der Waals surface area (Å²) in [6.07, 6.45) is 0. The summed E-state index contributed by atoms with van der Waals surface area (Å²) in [6.45, 7) is 0. The van der Waals surface area contributed by atoms with Gasteiger partial charge in [0.1, 0.15) is 0 Å². The fourth-order valence-electron chi connectivity index (χ4n) is 10.5. The van der Waals surface area contributed by atoms with Gasteiger partial charge in [0.25, 0.3) is 0 Å². The molecule has 0 spiro atoms. The van der Waals surface area contributed by atoms with Crippen LogP contribution in [-0.2, 0) is 0 Å². The Labute approximate surface area is 389 Å². The topological polar surface area (TPSA) is 48.5 Å². The Balaban J connectivity index is 1.08. The highest BCUT2D eigenvalue weighted by Crippen LogP contribution is 2.44. The molecule has 0 atom stereocenters. The first-order valence-electron chi connectivity index (χ1n) is 22.6. The van der Waals surface area contributed by atoms with Gasteiger partial charge < -0.3 is 9.13 Å². The van der Waals surface area contributed by atoms with Gasteiger partial charge in [-0.05, 0) is 88.6 Å². The van der Waals surface area contributed by atoms with Gasteiger partial charge in [0, 0.05) is 64.1 Å². The van der Waals surface area contributed by atoms with E-state index in [-0.39, 0.29) is 0 Å². The lowest BCUT2D eigenvalue weighted by Crippen LogP contribution is -2.04. The van der Waals surface area contributed by atoms with Gasteiger partial charge in [-0.25, -0.2) is 15.0 Å². The van der Waals surface area contributed by atoms with E-state index in [1.54, 1.807) is 0 Å². The van der Waals surface area contributed by atoms with E-state index in [2.05, 4.69) is 234 Å². The average Bonchev–Trinajstić information content (AvgIpc) is 4.06. The van der Waals surface area contributed by atoms with Gasteiger partial charge in [0.2, 0.25) is 0 Å². The molecular weight excluding hydrogens is 835 g/mol. The van der Waals surface area contributed by atoms with Gasteiger partial charge in [-0.1, -0.05) is 158 Å².